The molecule has 2 heterocycles. The van der Waals surface area contributed by atoms with Crippen LogP contribution in [-0.4, -0.2) is 53.1 Å². The minimum Gasteiger partial charge on any atom is -0.463 e. The van der Waals surface area contributed by atoms with Crippen LogP contribution in [0.1, 0.15) is 57.7 Å². The van der Waals surface area contributed by atoms with Gasteiger partial charge < -0.3 is 14.5 Å². The van der Waals surface area contributed by atoms with Crippen molar-refractivity contribution in [3.8, 4) is 12.1 Å². The first kappa shape index (κ1) is 23.7. The van der Waals surface area contributed by atoms with Crippen LogP contribution in [0.5, 0.6) is 6.01 Å². The number of carbonyl (C=O) groups excluding carboxylic acids is 1. The molecule has 30 heavy (non-hydrogen) atoms. The van der Waals surface area contributed by atoms with E-state index < -0.39 is 0 Å². The van der Waals surface area contributed by atoms with Gasteiger partial charge >= 0.3 is 6.01 Å². The Morgan fingerprint density at radius 2 is 2.13 bits per heavy atom. The lowest BCUT2D eigenvalue weighted by molar-refractivity contribution is -0.128. The second-order valence-electron chi connectivity index (χ2n) is 8.05. The molecule has 1 aliphatic rings. The number of nitriles is 1. The van der Waals surface area contributed by atoms with E-state index in [1.165, 1.54) is 6.08 Å². The van der Waals surface area contributed by atoms with Gasteiger partial charge in [-0.3, -0.25) is 4.79 Å². The summed E-state index contributed by atoms with van der Waals surface area (Å²) in [5.41, 5.74) is 2.05. The molecule has 1 fully saturated rings. The van der Waals surface area contributed by atoms with Crippen LogP contribution in [0.25, 0.3) is 0 Å². The van der Waals surface area contributed by atoms with Gasteiger partial charge in [-0.05, 0) is 31.8 Å². The Hall–Kier alpha value is -2.62. The molecule has 7 heteroatoms. The zero-order valence-corrected chi connectivity index (χ0v) is 18.9. The molecule has 0 unspecified atom stereocenters. The molecule has 0 saturated carbocycles. The summed E-state index contributed by atoms with van der Waals surface area (Å²) in [5, 5.41) is 9.26. The fraction of sp³-hybridized carbons (Fsp3) is 0.652. The number of piperazine rings is 1. The molecule has 0 aliphatic carbocycles. The van der Waals surface area contributed by atoms with Crippen LogP contribution < -0.4 is 9.64 Å². The molecule has 1 aromatic rings. The van der Waals surface area contributed by atoms with Crippen LogP contribution in [0.15, 0.2) is 12.7 Å². The molecule has 0 aromatic carbocycles. The highest BCUT2D eigenvalue weighted by Crippen LogP contribution is 2.28. The summed E-state index contributed by atoms with van der Waals surface area (Å²) < 4.78 is 5.94. The third-order valence-electron chi connectivity index (χ3n) is 5.52. The average molecular weight is 414 g/mol. The quantitative estimate of drug-likeness (QED) is 0.544. The molecule has 164 valence electrons. The first-order valence-electron chi connectivity index (χ1n) is 11.0. The first-order chi connectivity index (χ1) is 14.4. The number of aryl methyl sites for hydroxylation is 1. The van der Waals surface area contributed by atoms with Gasteiger partial charge in [0, 0.05) is 30.9 Å². The fourth-order valence-electron chi connectivity index (χ4n) is 3.95. The molecular weight excluding hydrogens is 378 g/mol. The van der Waals surface area contributed by atoms with Gasteiger partial charge in [0.15, 0.2) is 0 Å². The topological polar surface area (TPSA) is 82.3 Å². The molecule has 1 saturated heterocycles. The van der Waals surface area contributed by atoms with Crippen LogP contribution in [-0.2, 0) is 11.2 Å². The van der Waals surface area contributed by atoms with E-state index in [2.05, 4.69) is 43.3 Å². The molecule has 1 aromatic heterocycles. The number of hydrogen-bond acceptors (Lipinski definition) is 6. The van der Waals surface area contributed by atoms with Gasteiger partial charge in [-0.15, -0.1) is 0 Å². The third kappa shape index (κ3) is 5.94. The molecule has 0 radical (unpaired) electrons. The Labute approximate surface area is 180 Å². The summed E-state index contributed by atoms with van der Waals surface area (Å²) in [6.07, 6.45) is 5.69. The number of hydrogen-bond donors (Lipinski definition) is 0. The van der Waals surface area contributed by atoms with E-state index in [9.17, 15) is 10.1 Å². The first-order valence-corrected chi connectivity index (χ1v) is 11.0. The maximum absolute atomic E-state index is 12.2. The zero-order chi connectivity index (χ0) is 22.1. The second kappa shape index (κ2) is 11.5. The Balaban J connectivity index is 2.29. The zero-order valence-electron chi connectivity index (χ0n) is 18.9. The highest BCUT2D eigenvalue weighted by Gasteiger charge is 2.31. The standard InChI is InChI=1S/C23H35N5O2/c1-6-9-17(4)16-30-23-25-18(5)20(10-7-2)22(26-23)27-13-14-28(21(29)8-3)19(15-27)11-12-24/h8,17,19H,3,6-7,9-11,13-16H2,1-2,4-5H3/t17-,19-/m0/s1. The van der Waals surface area contributed by atoms with Crippen LogP contribution in [0, 0.1) is 24.2 Å². The van der Waals surface area contributed by atoms with Crippen molar-refractivity contribution in [3.63, 3.8) is 0 Å². The molecule has 1 amide bonds. The highest BCUT2D eigenvalue weighted by atomic mass is 16.5. The number of nitrogens with zero attached hydrogens (tertiary/aromatic N) is 5. The number of ether oxygens (including phenoxy) is 1. The predicted octanol–water partition coefficient (Wildman–Crippen LogP) is 3.67. The number of rotatable bonds is 10. The molecule has 0 bridgehead atoms. The smallest absolute Gasteiger partial charge is 0.318 e. The number of anilines is 1. The maximum atomic E-state index is 12.2. The molecule has 2 rings (SSSR count). The number of carbonyl (C=O) groups is 1. The van der Waals surface area contributed by atoms with Gasteiger partial charge in [-0.1, -0.05) is 40.2 Å². The number of amides is 1. The SMILES string of the molecule is C=CC(=O)N1CCN(c2nc(OC[C@@H](C)CCC)nc(C)c2CCC)C[C@@H]1CC#N. The molecule has 2 atom stereocenters. The van der Waals surface area contributed by atoms with Crippen molar-refractivity contribution in [3.05, 3.63) is 23.9 Å². The lowest BCUT2D eigenvalue weighted by atomic mass is 10.1. The monoisotopic (exact) mass is 413 g/mol. The molecule has 7 nitrogen and oxygen atoms in total. The largest absolute Gasteiger partial charge is 0.463 e. The van der Waals surface area contributed by atoms with Crippen LogP contribution in [0.4, 0.5) is 5.82 Å². The summed E-state index contributed by atoms with van der Waals surface area (Å²) >= 11 is 0. The predicted molar refractivity (Wildman–Crippen MR) is 118 cm³/mol. The molecule has 0 spiro atoms. The summed E-state index contributed by atoms with van der Waals surface area (Å²) in [6, 6.07) is 2.44. The Kier molecular flexibility index (Phi) is 9.10. The Morgan fingerprint density at radius 1 is 1.37 bits per heavy atom. The van der Waals surface area contributed by atoms with E-state index in [1.807, 2.05) is 6.92 Å². The minimum absolute atomic E-state index is 0.128. The van der Waals surface area contributed by atoms with Crippen molar-refractivity contribution in [2.24, 2.45) is 5.92 Å². The van der Waals surface area contributed by atoms with E-state index in [-0.39, 0.29) is 18.4 Å². The van der Waals surface area contributed by atoms with E-state index >= 15 is 0 Å². The molecule has 0 N–H and O–H groups in total. The van der Waals surface area contributed by atoms with E-state index in [0.29, 0.717) is 38.2 Å². The van der Waals surface area contributed by atoms with Gasteiger partial charge in [0.2, 0.25) is 5.91 Å². The van der Waals surface area contributed by atoms with Gasteiger partial charge in [0.1, 0.15) is 5.82 Å². The Morgan fingerprint density at radius 3 is 2.77 bits per heavy atom. The van der Waals surface area contributed by atoms with Gasteiger partial charge in [-0.2, -0.15) is 10.2 Å². The van der Waals surface area contributed by atoms with E-state index in [0.717, 1.165) is 42.8 Å². The summed E-state index contributed by atoms with van der Waals surface area (Å²) in [7, 11) is 0. The maximum Gasteiger partial charge on any atom is 0.318 e. The van der Waals surface area contributed by atoms with Crippen molar-refractivity contribution >= 4 is 11.7 Å². The summed E-state index contributed by atoms with van der Waals surface area (Å²) in [6.45, 7) is 14.4. The van der Waals surface area contributed by atoms with Crippen LogP contribution >= 0.6 is 0 Å². The van der Waals surface area contributed by atoms with Crippen LogP contribution in [0.3, 0.4) is 0 Å². The lowest BCUT2D eigenvalue weighted by Crippen LogP contribution is -2.55. The van der Waals surface area contributed by atoms with Crippen molar-refractivity contribution in [1.82, 2.24) is 14.9 Å². The van der Waals surface area contributed by atoms with Crippen molar-refractivity contribution in [1.29, 1.82) is 5.26 Å². The Bertz CT molecular complexity index is 774. The minimum atomic E-state index is -0.187. The van der Waals surface area contributed by atoms with E-state index in [4.69, 9.17) is 9.72 Å². The van der Waals surface area contributed by atoms with Crippen LogP contribution in [0.2, 0.25) is 0 Å². The molecular formula is C23H35N5O2. The van der Waals surface area contributed by atoms with Crippen molar-refractivity contribution in [2.45, 2.75) is 65.8 Å². The number of aromatic nitrogens is 2. The van der Waals surface area contributed by atoms with Crippen molar-refractivity contribution in [2.75, 3.05) is 31.1 Å². The summed E-state index contributed by atoms with van der Waals surface area (Å²) in [4.78, 5) is 25.5. The van der Waals surface area contributed by atoms with Gasteiger partial charge in [0.25, 0.3) is 0 Å². The van der Waals surface area contributed by atoms with Gasteiger partial charge in [-0.25, -0.2) is 4.98 Å². The third-order valence-corrected chi connectivity index (χ3v) is 5.52. The molecule has 1 aliphatic heterocycles. The average Bonchev–Trinajstić information content (AvgIpc) is 2.73. The second-order valence-corrected chi connectivity index (χ2v) is 8.05. The van der Waals surface area contributed by atoms with E-state index in [1.54, 1.807) is 4.90 Å². The fourth-order valence-corrected chi connectivity index (χ4v) is 3.95. The van der Waals surface area contributed by atoms with Crippen molar-refractivity contribution < 1.29 is 9.53 Å². The lowest BCUT2D eigenvalue weighted by Gasteiger charge is -2.41. The summed E-state index contributed by atoms with van der Waals surface area (Å²) in [5.74, 6) is 1.19. The van der Waals surface area contributed by atoms with Gasteiger partial charge in [0.05, 0.1) is 25.1 Å². The highest BCUT2D eigenvalue weighted by molar-refractivity contribution is 5.87. The normalized spacial score (nSPS) is 17.4.